The lowest BCUT2D eigenvalue weighted by atomic mass is 9.73. The lowest BCUT2D eigenvalue weighted by Crippen LogP contribution is -2.61. The Bertz CT molecular complexity index is 1200. The summed E-state index contributed by atoms with van der Waals surface area (Å²) in [6, 6.07) is -1.35. The van der Waals surface area contributed by atoms with Crippen LogP contribution in [0.2, 0.25) is 0 Å². The minimum absolute atomic E-state index is 0.0683. The molecule has 0 bridgehead atoms. The first-order valence-corrected chi connectivity index (χ1v) is 16.5. The van der Waals surface area contributed by atoms with E-state index in [1.165, 1.54) is 21.0 Å². The molecule has 3 saturated heterocycles. The summed E-state index contributed by atoms with van der Waals surface area (Å²) in [6.07, 6.45) is -4.70. The highest BCUT2D eigenvalue weighted by Crippen LogP contribution is 2.42. The summed E-state index contributed by atoms with van der Waals surface area (Å²) in [5.41, 5.74) is -0.376. The number of Topliss-reactive ketones (excluding diaryl/α,β-unsaturated/α-hetero) is 2. The van der Waals surface area contributed by atoms with E-state index < -0.39 is 89.3 Å². The van der Waals surface area contributed by atoms with E-state index in [-0.39, 0.29) is 30.8 Å². The molecule has 0 aromatic carbocycles. The van der Waals surface area contributed by atoms with Crippen molar-refractivity contribution in [2.75, 3.05) is 21.2 Å². The van der Waals surface area contributed by atoms with E-state index in [0.717, 1.165) is 5.01 Å². The summed E-state index contributed by atoms with van der Waals surface area (Å²) in [7, 11) is 5.15. The van der Waals surface area contributed by atoms with Gasteiger partial charge in [0.15, 0.2) is 17.7 Å². The van der Waals surface area contributed by atoms with Crippen LogP contribution in [0.3, 0.4) is 0 Å². The largest absolute Gasteiger partial charge is 0.457 e. The van der Waals surface area contributed by atoms with Crippen molar-refractivity contribution in [1.29, 1.82) is 0 Å². The summed E-state index contributed by atoms with van der Waals surface area (Å²) in [5, 5.41) is 12.3. The predicted molar refractivity (Wildman–Crippen MR) is 169 cm³/mol. The number of esters is 1. The van der Waals surface area contributed by atoms with Gasteiger partial charge in [-0.1, -0.05) is 27.7 Å². The Labute approximate surface area is 278 Å². The average molecular weight is 670 g/mol. The quantitative estimate of drug-likeness (QED) is 0.313. The lowest BCUT2D eigenvalue weighted by molar-refractivity contribution is -0.295. The Balaban J connectivity index is 2.15. The molecule has 0 saturated carbocycles. The highest BCUT2D eigenvalue weighted by molar-refractivity contribution is 6.00. The van der Waals surface area contributed by atoms with Crippen LogP contribution >= 0.6 is 0 Å². The van der Waals surface area contributed by atoms with Gasteiger partial charge in [0.05, 0.1) is 17.8 Å². The molecule has 3 aliphatic rings. The van der Waals surface area contributed by atoms with E-state index >= 15 is 0 Å². The summed E-state index contributed by atoms with van der Waals surface area (Å²) >= 11 is 0. The fourth-order valence-electron chi connectivity index (χ4n) is 7.65. The zero-order valence-electron chi connectivity index (χ0n) is 29.9. The third-order valence-corrected chi connectivity index (χ3v) is 10.3. The van der Waals surface area contributed by atoms with E-state index in [2.05, 4.69) is 5.43 Å². The number of methoxy groups -OCH3 is 1. The topological polar surface area (TPSA) is 170 Å². The van der Waals surface area contributed by atoms with E-state index in [4.69, 9.17) is 23.7 Å². The average Bonchev–Trinajstić information content (AvgIpc) is 3.25. The summed E-state index contributed by atoms with van der Waals surface area (Å²) in [5.74, 6) is -6.04. The molecule has 0 aromatic rings. The van der Waals surface area contributed by atoms with Gasteiger partial charge >= 0.3 is 12.1 Å². The number of aliphatic hydroxyl groups is 1. The van der Waals surface area contributed by atoms with Gasteiger partial charge in [0, 0.05) is 37.8 Å². The molecule has 0 radical (unpaired) electrons. The second-order valence-corrected chi connectivity index (χ2v) is 14.2. The molecule has 3 aliphatic heterocycles. The Hall–Kier alpha value is -2.65. The Morgan fingerprint density at radius 3 is 2.21 bits per heavy atom. The van der Waals surface area contributed by atoms with Crippen molar-refractivity contribution in [2.45, 2.75) is 136 Å². The fraction of sp³-hybridized carbons (Fsp3) is 0.848. The number of hydrazine groups is 1. The second-order valence-electron chi connectivity index (χ2n) is 14.2. The molecule has 14 heteroatoms. The monoisotopic (exact) mass is 669 g/mol. The zero-order chi connectivity index (χ0) is 35.8. The van der Waals surface area contributed by atoms with Crippen LogP contribution in [0.5, 0.6) is 0 Å². The number of carbonyl (C=O) groups excluding carboxylic acids is 5. The van der Waals surface area contributed by atoms with Crippen LogP contribution < -0.4 is 5.43 Å². The van der Waals surface area contributed by atoms with Crippen LogP contribution in [-0.2, 0) is 42.9 Å². The van der Waals surface area contributed by atoms with Gasteiger partial charge in [-0.15, -0.1) is 0 Å². The number of carbonyl (C=O) groups is 5. The van der Waals surface area contributed by atoms with Crippen molar-refractivity contribution in [3.63, 3.8) is 0 Å². The Morgan fingerprint density at radius 2 is 1.68 bits per heavy atom. The van der Waals surface area contributed by atoms with Crippen LogP contribution in [0.15, 0.2) is 0 Å². The van der Waals surface area contributed by atoms with Crippen molar-refractivity contribution in [3.8, 4) is 0 Å². The number of nitrogens with zero attached hydrogens (tertiary/aromatic N) is 2. The van der Waals surface area contributed by atoms with Crippen LogP contribution in [0, 0.1) is 23.7 Å². The summed E-state index contributed by atoms with van der Waals surface area (Å²) < 4.78 is 30.3. The number of fused-ring (bicyclic) bond motifs is 1. The normalized spacial score (nSPS) is 42.4. The molecule has 47 heavy (non-hydrogen) atoms. The van der Waals surface area contributed by atoms with E-state index in [9.17, 15) is 29.1 Å². The molecular weight excluding hydrogens is 614 g/mol. The maximum absolute atomic E-state index is 14.3. The van der Waals surface area contributed by atoms with Crippen molar-refractivity contribution in [3.05, 3.63) is 0 Å². The smallest absolute Gasteiger partial charge is 0.429 e. The molecule has 3 fully saturated rings. The second kappa shape index (κ2) is 14.9. The van der Waals surface area contributed by atoms with Crippen molar-refractivity contribution in [1.82, 2.24) is 15.3 Å². The number of ketones is 2. The number of nitrogens with one attached hydrogen (secondary N) is 1. The van der Waals surface area contributed by atoms with Gasteiger partial charge < -0.3 is 33.7 Å². The minimum Gasteiger partial charge on any atom is -0.457 e. The highest BCUT2D eigenvalue weighted by Gasteiger charge is 2.61. The third-order valence-electron chi connectivity index (χ3n) is 10.3. The first-order valence-electron chi connectivity index (χ1n) is 16.5. The number of rotatable bonds is 6. The van der Waals surface area contributed by atoms with Gasteiger partial charge in [-0.3, -0.25) is 24.6 Å². The summed E-state index contributed by atoms with van der Waals surface area (Å²) in [6.45, 7) is 14.5. The maximum atomic E-state index is 14.3. The Kier molecular flexibility index (Phi) is 12.3. The number of hydrogen-bond acceptors (Lipinski definition) is 12. The van der Waals surface area contributed by atoms with Crippen LogP contribution in [0.25, 0.3) is 0 Å². The van der Waals surface area contributed by atoms with Gasteiger partial charge in [0.25, 0.3) is 0 Å². The molecule has 2 amide bonds. The molecule has 3 heterocycles. The first-order chi connectivity index (χ1) is 21.7. The van der Waals surface area contributed by atoms with Gasteiger partial charge in [-0.25, -0.2) is 9.80 Å². The molecule has 13 atom stereocenters. The van der Waals surface area contributed by atoms with Crippen LogP contribution in [0.1, 0.15) is 81.6 Å². The standard InChI is InChI=1S/C33H55N3O11/c1-13-23-33(9)27(36(31(42)47-33)34-21(7)37)18(4)24(38)16(2)15-32(8,43-12)28(19(5)25(39)20(6)29(41)45-23)46-30-26(40)22(35(10)11)14-17(3)44-30/h16-20,22-23,26-28,30,40H,13-15H2,1-12H3,(H,34,37)/t16-,17-,18+,19+,20-,22+,23-,26-,27-,28-,30+,32-,33-/m1/s1. The van der Waals surface area contributed by atoms with Crippen LogP contribution in [0.4, 0.5) is 4.79 Å². The van der Waals surface area contributed by atoms with Crippen LogP contribution in [-0.4, -0.2) is 120 Å². The van der Waals surface area contributed by atoms with E-state index in [1.807, 2.05) is 25.9 Å². The van der Waals surface area contributed by atoms with Gasteiger partial charge in [-0.2, -0.15) is 0 Å². The fourth-order valence-corrected chi connectivity index (χ4v) is 7.65. The molecule has 2 N–H and O–H groups in total. The maximum Gasteiger partial charge on any atom is 0.429 e. The minimum atomic E-state index is -1.55. The summed E-state index contributed by atoms with van der Waals surface area (Å²) in [4.78, 5) is 69.2. The molecule has 3 rings (SSSR count). The third kappa shape index (κ3) is 7.66. The molecule has 14 nitrogen and oxygen atoms in total. The number of ether oxygens (including phenoxy) is 5. The zero-order valence-corrected chi connectivity index (χ0v) is 29.9. The number of amides is 2. The van der Waals surface area contributed by atoms with Crippen molar-refractivity contribution < 1.29 is 52.8 Å². The molecular formula is C33H55N3O11. The number of likely N-dealkylation sites (N-methyl/N-ethyl adjacent to an activating group) is 1. The SMILES string of the molecule is CC[C@H]1OC(=O)[C@H](C)C(=O)[C@H](C)[C@@H](O[C@@H]2O[C@H](C)C[C@H](N(C)C)[C@H]2O)[C@](C)(OC)C[C@@H](C)C(=O)[C@H](C)[C@H]2N(NC(C)=O)C(=O)O[C@]12C. The lowest BCUT2D eigenvalue weighted by Gasteiger charge is -2.47. The molecule has 0 spiro atoms. The van der Waals surface area contributed by atoms with Gasteiger partial charge in [0.2, 0.25) is 5.91 Å². The highest BCUT2D eigenvalue weighted by atomic mass is 16.7. The molecule has 0 unspecified atom stereocenters. The number of aliphatic hydroxyl groups excluding tert-OH is 1. The number of hydrogen-bond donors (Lipinski definition) is 2. The number of cyclic esters (lactones) is 1. The Morgan fingerprint density at radius 1 is 1.06 bits per heavy atom. The predicted octanol–water partition coefficient (Wildman–Crippen LogP) is 2.24. The first kappa shape index (κ1) is 38.8. The van der Waals surface area contributed by atoms with Crippen molar-refractivity contribution >= 4 is 29.5 Å². The molecule has 268 valence electrons. The van der Waals surface area contributed by atoms with E-state index in [1.54, 1.807) is 41.5 Å². The molecule has 0 aromatic heterocycles. The van der Waals surface area contributed by atoms with Crippen molar-refractivity contribution in [2.24, 2.45) is 23.7 Å². The van der Waals surface area contributed by atoms with Gasteiger partial charge in [0.1, 0.15) is 30.0 Å². The van der Waals surface area contributed by atoms with E-state index in [0.29, 0.717) is 6.42 Å². The molecule has 0 aliphatic carbocycles. The van der Waals surface area contributed by atoms with Gasteiger partial charge in [-0.05, 0) is 61.1 Å².